The lowest BCUT2D eigenvalue weighted by Crippen LogP contribution is -2.56. The van der Waals surface area contributed by atoms with Crippen molar-refractivity contribution in [2.75, 3.05) is 40.0 Å². The topological polar surface area (TPSA) is 21.7 Å². The van der Waals surface area contributed by atoms with Crippen LogP contribution in [0.15, 0.2) is 0 Å². The number of hydrogen-bond donors (Lipinski definition) is 0. The van der Waals surface area contributed by atoms with Crippen LogP contribution in [-0.2, 0) is 9.47 Å². The molecule has 1 aliphatic heterocycles. The number of nitrogens with zero attached hydrogens (tertiary/aromatic N) is 1. The van der Waals surface area contributed by atoms with Crippen molar-refractivity contribution in [3.63, 3.8) is 0 Å². The minimum absolute atomic E-state index is 0.188. The van der Waals surface area contributed by atoms with E-state index in [1.54, 1.807) is 7.11 Å². The van der Waals surface area contributed by atoms with E-state index in [2.05, 4.69) is 32.6 Å². The molecule has 0 bridgehead atoms. The van der Waals surface area contributed by atoms with E-state index in [9.17, 15) is 0 Å². The second-order valence-corrected chi connectivity index (χ2v) is 5.56. The Bertz CT molecular complexity index is 198. The Morgan fingerprint density at radius 3 is 2.25 bits per heavy atom. The Hall–Kier alpha value is -0.120. The first-order chi connectivity index (χ1) is 7.50. The third kappa shape index (κ3) is 3.19. The van der Waals surface area contributed by atoms with Gasteiger partial charge in [-0.2, -0.15) is 0 Å². The maximum atomic E-state index is 5.42. The lowest BCUT2D eigenvalue weighted by molar-refractivity contribution is -0.0563. The summed E-state index contributed by atoms with van der Waals surface area (Å²) in [7, 11) is 1.80. The van der Waals surface area contributed by atoms with Crippen molar-refractivity contribution in [3.05, 3.63) is 0 Å². The summed E-state index contributed by atoms with van der Waals surface area (Å²) in [4.78, 5) is 2.54. The molecule has 1 rings (SSSR count). The average molecular weight is 229 g/mol. The molecule has 1 heterocycles. The zero-order valence-corrected chi connectivity index (χ0v) is 11.5. The van der Waals surface area contributed by atoms with Crippen LogP contribution in [-0.4, -0.2) is 50.5 Å². The molecule has 1 saturated heterocycles. The fourth-order valence-electron chi connectivity index (χ4n) is 2.77. The quantitative estimate of drug-likeness (QED) is 0.720. The van der Waals surface area contributed by atoms with Gasteiger partial charge in [0.05, 0.1) is 19.8 Å². The minimum atomic E-state index is 0.188. The summed E-state index contributed by atoms with van der Waals surface area (Å²) in [5, 5.41) is 0. The van der Waals surface area contributed by atoms with Crippen LogP contribution in [0.1, 0.15) is 27.7 Å². The molecule has 0 saturated carbocycles. The molecule has 0 aromatic heterocycles. The van der Waals surface area contributed by atoms with Gasteiger partial charge >= 0.3 is 0 Å². The first-order valence-electron chi connectivity index (χ1n) is 6.32. The summed E-state index contributed by atoms with van der Waals surface area (Å²) >= 11 is 0. The van der Waals surface area contributed by atoms with Gasteiger partial charge in [-0.15, -0.1) is 0 Å². The molecular formula is C13H27NO2. The minimum Gasteiger partial charge on any atom is -0.384 e. The Kier molecular flexibility index (Phi) is 5.22. The van der Waals surface area contributed by atoms with E-state index in [1.807, 2.05) is 0 Å². The van der Waals surface area contributed by atoms with Crippen LogP contribution >= 0.6 is 0 Å². The molecule has 1 aliphatic rings. The van der Waals surface area contributed by atoms with Crippen LogP contribution in [0.5, 0.6) is 0 Å². The van der Waals surface area contributed by atoms with Crippen LogP contribution in [0.3, 0.4) is 0 Å². The lowest BCUT2D eigenvalue weighted by atomic mass is 9.78. The van der Waals surface area contributed by atoms with E-state index < -0.39 is 0 Å². The summed E-state index contributed by atoms with van der Waals surface area (Å²) in [5.41, 5.74) is 0.188. The van der Waals surface area contributed by atoms with Gasteiger partial charge in [0.15, 0.2) is 0 Å². The van der Waals surface area contributed by atoms with Crippen LogP contribution in [0, 0.1) is 11.8 Å². The van der Waals surface area contributed by atoms with E-state index in [1.165, 1.54) is 0 Å². The zero-order chi connectivity index (χ0) is 12.2. The van der Waals surface area contributed by atoms with E-state index in [0.717, 1.165) is 32.9 Å². The molecule has 0 aromatic rings. The monoisotopic (exact) mass is 229 g/mol. The molecule has 0 aliphatic carbocycles. The molecule has 3 heteroatoms. The van der Waals surface area contributed by atoms with Crippen molar-refractivity contribution >= 4 is 0 Å². The van der Waals surface area contributed by atoms with Crippen molar-refractivity contribution < 1.29 is 9.47 Å². The maximum absolute atomic E-state index is 5.42. The highest BCUT2D eigenvalue weighted by atomic mass is 16.5. The number of hydrogen-bond acceptors (Lipinski definition) is 3. The third-order valence-electron chi connectivity index (χ3n) is 3.88. The fourth-order valence-corrected chi connectivity index (χ4v) is 2.77. The highest BCUT2D eigenvalue weighted by Gasteiger charge is 2.37. The van der Waals surface area contributed by atoms with E-state index in [4.69, 9.17) is 9.47 Å². The summed E-state index contributed by atoms with van der Waals surface area (Å²) < 4.78 is 10.8. The van der Waals surface area contributed by atoms with Crippen LogP contribution in [0.2, 0.25) is 0 Å². The predicted molar refractivity (Wildman–Crippen MR) is 66.7 cm³/mol. The lowest BCUT2D eigenvalue weighted by Gasteiger charge is -2.47. The second-order valence-electron chi connectivity index (χ2n) is 5.56. The Balaban J connectivity index is 2.70. The Labute approximate surface area is 100 Å². The van der Waals surface area contributed by atoms with Crippen molar-refractivity contribution in [2.24, 2.45) is 11.8 Å². The molecule has 1 fully saturated rings. The molecule has 16 heavy (non-hydrogen) atoms. The Morgan fingerprint density at radius 2 is 1.81 bits per heavy atom. The van der Waals surface area contributed by atoms with Crippen LogP contribution < -0.4 is 0 Å². The number of rotatable bonds is 5. The van der Waals surface area contributed by atoms with Crippen LogP contribution in [0.25, 0.3) is 0 Å². The maximum Gasteiger partial charge on any atom is 0.0594 e. The zero-order valence-electron chi connectivity index (χ0n) is 11.5. The van der Waals surface area contributed by atoms with Gasteiger partial charge in [0, 0.05) is 31.7 Å². The largest absolute Gasteiger partial charge is 0.384 e. The highest BCUT2D eigenvalue weighted by molar-refractivity contribution is 4.91. The highest BCUT2D eigenvalue weighted by Crippen LogP contribution is 2.31. The normalized spacial score (nSPS) is 21.4. The van der Waals surface area contributed by atoms with E-state index >= 15 is 0 Å². The molecule has 0 aromatic carbocycles. The van der Waals surface area contributed by atoms with Crippen molar-refractivity contribution in [1.82, 2.24) is 4.90 Å². The van der Waals surface area contributed by atoms with Gasteiger partial charge in [-0.1, -0.05) is 13.8 Å². The molecule has 1 unspecified atom stereocenters. The smallest absolute Gasteiger partial charge is 0.0594 e. The van der Waals surface area contributed by atoms with Gasteiger partial charge in [0.25, 0.3) is 0 Å². The first kappa shape index (κ1) is 13.9. The molecule has 0 radical (unpaired) electrons. The van der Waals surface area contributed by atoms with Gasteiger partial charge in [-0.25, -0.2) is 0 Å². The third-order valence-corrected chi connectivity index (χ3v) is 3.88. The molecule has 0 amide bonds. The standard InChI is InChI=1S/C13H27NO2/c1-11(2)12(10-15-5)13(3,4)14-6-8-16-9-7-14/h11-12H,6-10H2,1-5H3. The number of methoxy groups -OCH3 is 1. The average Bonchev–Trinajstić information content (AvgIpc) is 2.26. The molecule has 96 valence electrons. The molecule has 0 N–H and O–H groups in total. The van der Waals surface area contributed by atoms with Gasteiger partial charge in [0.2, 0.25) is 0 Å². The number of ether oxygens (including phenoxy) is 2. The molecule has 1 atom stereocenters. The van der Waals surface area contributed by atoms with Crippen molar-refractivity contribution in [3.8, 4) is 0 Å². The fraction of sp³-hybridized carbons (Fsp3) is 1.00. The summed E-state index contributed by atoms with van der Waals surface area (Å²) in [6.45, 7) is 13.9. The molecule has 3 nitrogen and oxygen atoms in total. The Morgan fingerprint density at radius 1 is 1.25 bits per heavy atom. The number of morpholine rings is 1. The van der Waals surface area contributed by atoms with E-state index in [0.29, 0.717) is 11.8 Å². The molecule has 0 spiro atoms. The molecular weight excluding hydrogens is 202 g/mol. The van der Waals surface area contributed by atoms with Gasteiger partial charge in [0.1, 0.15) is 0 Å². The SMILES string of the molecule is COCC(C(C)C)C(C)(C)N1CCOCC1. The van der Waals surface area contributed by atoms with Gasteiger partial charge < -0.3 is 9.47 Å². The van der Waals surface area contributed by atoms with Gasteiger partial charge in [-0.05, 0) is 19.8 Å². The van der Waals surface area contributed by atoms with Crippen molar-refractivity contribution in [2.45, 2.75) is 33.2 Å². The van der Waals surface area contributed by atoms with E-state index in [-0.39, 0.29) is 5.54 Å². The summed E-state index contributed by atoms with van der Waals surface area (Å²) in [5.74, 6) is 1.20. The summed E-state index contributed by atoms with van der Waals surface area (Å²) in [6, 6.07) is 0. The second kappa shape index (κ2) is 5.99. The van der Waals surface area contributed by atoms with Crippen molar-refractivity contribution in [1.29, 1.82) is 0 Å². The van der Waals surface area contributed by atoms with Crippen LogP contribution in [0.4, 0.5) is 0 Å². The first-order valence-corrected chi connectivity index (χ1v) is 6.32. The predicted octanol–water partition coefficient (Wildman–Crippen LogP) is 2.02. The van der Waals surface area contributed by atoms with Gasteiger partial charge in [-0.3, -0.25) is 4.90 Å². The summed E-state index contributed by atoms with van der Waals surface area (Å²) in [6.07, 6.45) is 0.